The molecule has 0 heterocycles. The van der Waals surface area contributed by atoms with Gasteiger partial charge in [0.05, 0.1) is 21.6 Å². The van der Waals surface area contributed by atoms with Gasteiger partial charge in [-0.15, -0.1) is 0 Å². The summed E-state index contributed by atoms with van der Waals surface area (Å²) in [6.07, 6.45) is 3.48. The molecule has 0 spiro atoms. The topological polar surface area (TPSA) is 34.1 Å². The number of hydrogen-bond donors (Lipinski definition) is 0. The van der Waals surface area contributed by atoms with Crippen LogP contribution in [0.3, 0.4) is 0 Å². The number of rotatable bonds is 6. The Morgan fingerprint density at radius 1 is 0.341 bits per heavy atom. The van der Waals surface area contributed by atoms with Gasteiger partial charge in [-0.25, -0.2) is 0 Å². The largest absolute Gasteiger partial charge is 0.255 e. The molecule has 2 unspecified atom stereocenters. The molecule has 0 aromatic heterocycles. The average molecular weight is 607 g/mol. The Balaban J connectivity index is 1.15. The number of benzene rings is 7. The van der Waals surface area contributed by atoms with Crippen molar-refractivity contribution in [3.63, 3.8) is 0 Å². The molecule has 0 fully saturated rings. The molecule has 0 aliphatic carbocycles. The highest BCUT2D eigenvalue weighted by molar-refractivity contribution is 7.84. The lowest BCUT2D eigenvalue weighted by Gasteiger charge is -2.12. The lowest BCUT2D eigenvalue weighted by atomic mass is 9.96. The number of fused-ring (bicyclic) bond motifs is 2. The van der Waals surface area contributed by atoms with Crippen LogP contribution in [0.25, 0.3) is 66.1 Å². The highest BCUT2D eigenvalue weighted by Crippen LogP contribution is 2.35. The molecule has 0 saturated heterocycles. The average Bonchev–Trinajstić information content (AvgIpc) is 3.07. The van der Waals surface area contributed by atoms with E-state index in [9.17, 15) is 8.42 Å². The minimum Gasteiger partial charge on any atom is -0.255 e. The first-order valence-electron chi connectivity index (χ1n) is 14.5. The van der Waals surface area contributed by atoms with Gasteiger partial charge in [-0.05, 0) is 90.3 Å². The summed E-state index contributed by atoms with van der Waals surface area (Å²) in [5.74, 6) is 0. The highest BCUT2D eigenvalue weighted by atomic mass is 32.2. The second-order valence-corrected chi connectivity index (χ2v) is 13.7. The zero-order chi connectivity index (χ0) is 30.2. The van der Waals surface area contributed by atoms with E-state index >= 15 is 0 Å². The van der Waals surface area contributed by atoms with Crippen LogP contribution in [0.2, 0.25) is 0 Å². The van der Waals surface area contributed by atoms with Crippen molar-refractivity contribution in [2.24, 2.45) is 0 Å². The first kappa shape index (κ1) is 28.1. The molecule has 2 nitrogen and oxygen atoms in total. The molecular weight excluding hydrogens is 577 g/mol. The van der Waals surface area contributed by atoms with Crippen molar-refractivity contribution in [2.45, 2.75) is 9.79 Å². The molecular formula is C40H30O2S2. The second-order valence-electron chi connectivity index (χ2n) is 11.0. The Bertz CT molecular complexity index is 2040. The summed E-state index contributed by atoms with van der Waals surface area (Å²) in [6.45, 7) is 0. The first-order valence-corrected chi connectivity index (χ1v) is 17.6. The molecule has 4 heteroatoms. The van der Waals surface area contributed by atoms with Crippen molar-refractivity contribution in [1.29, 1.82) is 0 Å². The minimum atomic E-state index is -1.09. The summed E-state index contributed by atoms with van der Waals surface area (Å²) in [6, 6.07) is 50.4. The van der Waals surface area contributed by atoms with Crippen LogP contribution in [0.15, 0.2) is 155 Å². The van der Waals surface area contributed by atoms with Crippen LogP contribution in [0, 0.1) is 0 Å². The Labute approximate surface area is 263 Å². The van der Waals surface area contributed by atoms with Crippen LogP contribution < -0.4 is 0 Å². The van der Waals surface area contributed by atoms with E-state index < -0.39 is 21.6 Å². The van der Waals surface area contributed by atoms with Crippen molar-refractivity contribution in [3.05, 3.63) is 146 Å². The maximum atomic E-state index is 12.6. The summed E-state index contributed by atoms with van der Waals surface area (Å²) >= 11 is 0. The Morgan fingerprint density at radius 3 is 0.864 bits per heavy atom. The van der Waals surface area contributed by atoms with Crippen molar-refractivity contribution >= 4 is 43.1 Å². The Hall–Kier alpha value is -4.64. The molecule has 0 saturated carbocycles. The lowest BCUT2D eigenvalue weighted by molar-refractivity contribution is 0.686. The van der Waals surface area contributed by atoms with Gasteiger partial charge in [0.15, 0.2) is 0 Å². The first-order chi connectivity index (χ1) is 21.4. The fraction of sp³-hybridized carbons (Fsp3) is 0.0500. The minimum absolute atomic E-state index is 0.853. The molecule has 7 rings (SSSR count). The molecule has 0 aliphatic rings. The van der Waals surface area contributed by atoms with E-state index in [1.54, 1.807) is 12.5 Å². The van der Waals surface area contributed by atoms with Crippen LogP contribution in [-0.4, -0.2) is 20.9 Å². The SMILES string of the molecule is CS(=O)c1cc2ccccc2cc1-c1ccc(-c2ccc(-c3ccc(-c4cc5ccccc5cc4S(C)=O)cc3)cc2)cc1. The van der Waals surface area contributed by atoms with E-state index in [-0.39, 0.29) is 0 Å². The van der Waals surface area contributed by atoms with E-state index in [1.165, 1.54) is 0 Å². The Morgan fingerprint density at radius 2 is 0.591 bits per heavy atom. The fourth-order valence-electron chi connectivity index (χ4n) is 5.91. The van der Waals surface area contributed by atoms with Crippen molar-refractivity contribution in [3.8, 4) is 44.5 Å². The van der Waals surface area contributed by atoms with Gasteiger partial charge in [-0.1, -0.05) is 121 Å². The third kappa shape index (κ3) is 5.43. The monoisotopic (exact) mass is 606 g/mol. The molecule has 0 bridgehead atoms. The van der Waals surface area contributed by atoms with Crippen LogP contribution in [0.1, 0.15) is 0 Å². The smallest absolute Gasteiger partial charge is 0.0504 e. The summed E-state index contributed by atoms with van der Waals surface area (Å²) in [5, 5.41) is 4.48. The van der Waals surface area contributed by atoms with Gasteiger partial charge in [-0.3, -0.25) is 8.42 Å². The molecule has 0 aliphatic heterocycles. The van der Waals surface area contributed by atoms with Crippen LogP contribution in [-0.2, 0) is 21.6 Å². The molecule has 214 valence electrons. The van der Waals surface area contributed by atoms with Crippen molar-refractivity contribution in [2.75, 3.05) is 12.5 Å². The molecule has 0 N–H and O–H groups in total. The second kappa shape index (κ2) is 11.8. The summed E-state index contributed by atoms with van der Waals surface area (Å²) in [5.41, 5.74) is 8.68. The van der Waals surface area contributed by atoms with Gasteiger partial charge < -0.3 is 0 Å². The maximum Gasteiger partial charge on any atom is 0.0504 e. The normalized spacial score (nSPS) is 12.8. The zero-order valence-electron chi connectivity index (χ0n) is 24.5. The van der Waals surface area contributed by atoms with Crippen molar-refractivity contribution < 1.29 is 8.42 Å². The van der Waals surface area contributed by atoms with Gasteiger partial charge in [-0.2, -0.15) is 0 Å². The van der Waals surface area contributed by atoms with E-state index in [0.29, 0.717) is 0 Å². The predicted molar refractivity (Wildman–Crippen MR) is 188 cm³/mol. The van der Waals surface area contributed by atoms with Gasteiger partial charge in [0, 0.05) is 22.3 Å². The van der Waals surface area contributed by atoms with Gasteiger partial charge in [0.2, 0.25) is 0 Å². The Kier molecular flexibility index (Phi) is 7.55. The molecule has 7 aromatic rings. The quantitative estimate of drug-likeness (QED) is 0.189. The molecule has 44 heavy (non-hydrogen) atoms. The van der Waals surface area contributed by atoms with Crippen LogP contribution >= 0.6 is 0 Å². The van der Waals surface area contributed by atoms with Gasteiger partial charge in [0.25, 0.3) is 0 Å². The van der Waals surface area contributed by atoms with Gasteiger partial charge in [0.1, 0.15) is 0 Å². The van der Waals surface area contributed by atoms with Gasteiger partial charge >= 0.3 is 0 Å². The standard InChI is InChI=1S/C40H30O2S2/c1-43(41)39-25-35-9-5-3-7-33(35)23-37(39)31-19-15-29(16-20-31)27-11-13-28(14-12-27)30-17-21-32(22-18-30)38-24-34-8-4-6-10-36(34)26-40(38)44(2)42/h3-26H,1-2H3. The number of hydrogen-bond acceptors (Lipinski definition) is 2. The van der Waals surface area contributed by atoms with Crippen molar-refractivity contribution in [1.82, 2.24) is 0 Å². The third-order valence-corrected chi connectivity index (χ3v) is 10.2. The van der Waals surface area contributed by atoms with E-state index in [1.807, 2.05) is 36.4 Å². The molecule has 7 aromatic carbocycles. The zero-order valence-corrected chi connectivity index (χ0v) is 26.1. The van der Waals surface area contributed by atoms with E-state index in [2.05, 4.69) is 109 Å². The summed E-state index contributed by atoms with van der Waals surface area (Å²) in [4.78, 5) is 1.71. The highest BCUT2D eigenvalue weighted by Gasteiger charge is 2.13. The maximum absolute atomic E-state index is 12.6. The molecule has 0 amide bonds. The van der Waals surface area contributed by atoms with Crippen LogP contribution in [0.4, 0.5) is 0 Å². The lowest BCUT2D eigenvalue weighted by Crippen LogP contribution is -1.93. The molecule has 2 atom stereocenters. The molecule has 0 radical (unpaired) electrons. The van der Waals surface area contributed by atoms with E-state index in [0.717, 1.165) is 75.8 Å². The fourth-order valence-corrected chi connectivity index (χ4v) is 7.46. The van der Waals surface area contributed by atoms with Crippen LogP contribution in [0.5, 0.6) is 0 Å². The van der Waals surface area contributed by atoms with E-state index in [4.69, 9.17) is 0 Å². The third-order valence-electron chi connectivity index (χ3n) is 8.26. The summed E-state index contributed by atoms with van der Waals surface area (Å²) < 4.78 is 25.2. The summed E-state index contributed by atoms with van der Waals surface area (Å²) in [7, 11) is -2.19. The predicted octanol–water partition coefficient (Wildman–Crippen LogP) is 10.1.